The van der Waals surface area contributed by atoms with Crippen molar-refractivity contribution in [2.24, 2.45) is 0 Å². The van der Waals surface area contributed by atoms with Crippen LogP contribution in [0.2, 0.25) is 0 Å². The number of hydrogen-bond donors (Lipinski definition) is 1. The van der Waals surface area contributed by atoms with E-state index in [9.17, 15) is 13.2 Å². The van der Waals surface area contributed by atoms with Crippen molar-refractivity contribution in [3.8, 4) is 11.3 Å². The molecule has 30 heavy (non-hydrogen) atoms. The van der Waals surface area contributed by atoms with E-state index in [-0.39, 0.29) is 23.3 Å². The molecular formula is C23H26N2O4S. The van der Waals surface area contributed by atoms with Gasteiger partial charge in [0.2, 0.25) is 5.91 Å². The summed E-state index contributed by atoms with van der Waals surface area (Å²) >= 11 is 0. The van der Waals surface area contributed by atoms with Gasteiger partial charge in [0, 0.05) is 24.7 Å². The second-order valence-electron chi connectivity index (χ2n) is 7.55. The zero-order valence-electron chi connectivity index (χ0n) is 17.6. The lowest BCUT2D eigenvalue weighted by atomic mass is 10.1. The van der Waals surface area contributed by atoms with Gasteiger partial charge < -0.3 is 9.73 Å². The van der Waals surface area contributed by atoms with E-state index >= 15 is 0 Å². The molecule has 6 nitrogen and oxygen atoms in total. The number of carbonyl (C=O) groups excluding carboxylic acids is 1. The normalized spacial score (nSPS) is 12.5. The van der Waals surface area contributed by atoms with Crippen LogP contribution in [0.15, 0.2) is 58.0 Å². The SMILES string of the molecule is Cc1ccc(-c2cnc(CCC(=O)NC(C)c3ccc(S(C)(=O)=O)cc3)o2)cc1C. The molecule has 0 saturated carbocycles. The lowest BCUT2D eigenvalue weighted by molar-refractivity contribution is -0.121. The predicted molar refractivity (Wildman–Crippen MR) is 116 cm³/mol. The molecule has 0 bridgehead atoms. The molecule has 0 aliphatic rings. The molecule has 1 N–H and O–H groups in total. The summed E-state index contributed by atoms with van der Waals surface area (Å²) in [5.41, 5.74) is 4.20. The summed E-state index contributed by atoms with van der Waals surface area (Å²) in [6.45, 7) is 5.97. The summed E-state index contributed by atoms with van der Waals surface area (Å²) in [7, 11) is -3.24. The second kappa shape index (κ2) is 8.83. The fraction of sp³-hybridized carbons (Fsp3) is 0.304. The number of nitrogens with zero attached hydrogens (tertiary/aromatic N) is 1. The summed E-state index contributed by atoms with van der Waals surface area (Å²) in [6, 6.07) is 12.4. The van der Waals surface area contributed by atoms with Gasteiger partial charge in [-0.2, -0.15) is 0 Å². The molecular weight excluding hydrogens is 400 g/mol. The highest BCUT2D eigenvalue weighted by molar-refractivity contribution is 7.90. The van der Waals surface area contributed by atoms with Gasteiger partial charge in [-0.05, 0) is 55.7 Å². The van der Waals surface area contributed by atoms with Crippen LogP contribution in [0.4, 0.5) is 0 Å². The lowest BCUT2D eigenvalue weighted by Gasteiger charge is -2.14. The number of sulfone groups is 1. The first kappa shape index (κ1) is 21.8. The average molecular weight is 427 g/mol. The largest absolute Gasteiger partial charge is 0.441 e. The van der Waals surface area contributed by atoms with E-state index < -0.39 is 9.84 Å². The average Bonchev–Trinajstić information content (AvgIpc) is 3.17. The summed E-state index contributed by atoms with van der Waals surface area (Å²) < 4.78 is 28.9. The van der Waals surface area contributed by atoms with Gasteiger partial charge >= 0.3 is 0 Å². The molecule has 158 valence electrons. The van der Waals surface area contributed by atoms with Crippen molar-refractivity contribution in [1.82, 2.24) is 10.3 Å². The Hall–Kier alpha value is -2.93. The van der Waals surface area contributed by atoms with Crippen LogP contribution in [0, 0.1) is 13.8 Å². The first-order valence-corrected chi connectivity index (χ1v) is 11.6. The van der Waals surface area contributed by atoms with Crippen molar-refractivity contribution in [2.45, 2.75) is 44.6 Å². The van der Waals surface area contributed by atoms with Gasteiger partial charge in [-0.1, -0.05) is 24.3 Å². The molecule has 0 radical (unpaired) electrons. The predicted octanol–water partition coefficient (Wildman–Crippen LogP) is 4.17. The van der Waals surface area contributed by atoms with Crippen LogP contribution in [0.3, 0.4) is 0 Å². The molecule has 3 aromatic rings. The Balaban J connectivity index is 1.55. The van der Waals surface area contributed by atoms with Gasteiger partial charge in [-0.25, -0.2) is 13.4 Å². The molecule has 0 saturated heterocycles. The van der Waals surface area contributed by atoms with E-state index in [0.717, 1.165) is 11.1 Å². The Morgan fingerprint density at radius 1 is 1.10 bits per heavy atom. The molecule has 1 unspecified atom stereocenters. The number of benzene rings is 2. The number of rotatable bonds is 7. The van der Waals surface area contributed by atoms with Crippen LogP contribution in [-0.2, 0) is 21.1 Å². The molecule has 2 aromatic carbocycles. The van der Waals surface area contributed by atoms with Gasteiger partial charge in [0.25, 0.3) is 0 Å². The molecule has 1 atom stereocenters. The van der Waals surface area contributed by atoms with Crippen LogP contribution in [0.25, 0.3) is 11.3 Å². The Bertz CT molecular complexity index is 1150. The molecule has 0 aliphatic carbocycles. The van der Waals surface area contributed by atoms with Crippen LogP contribution < -0.4 is 5.32 Å². The van der Waals surface area contributed by atoms with Gasteiger partial charge in [-0.15, -0.1) is 0 Å². The topological polar surface area (TPSA) is 89.3 Å². The Morgan fingerprint density at radius 2 is 1.80 bits per heavy atom. The first-order valence-electron chi connectivity index (χ1n) is 9.75. The third-order valence-corrected chi connectivity index (χ3v) is 6.23. The van der Waals surface area contributed by atoms with Crippen molar-refractivity contribution >= 4 is 15.7 Å². The van der Waals surface area contributed by atoms with E-state index in [1.807, 2.05) is 19.1 Å². The first-order chi connectivity index (χ1) is 14.1. The molecule has 1 amide bonds. The third-order valence-electron chi connectivity index (χ3n) is 5.10. The number of carbonyl (C=O) groups is 1. The Morgan fingerprint density at radius 3 is 2.43 bits per heavy atom. The maximum absolute atomic E-state index is 12.3. The molecule has 7 heteroatoms. The molecule has 0 aliphatic heterocycles. The number of aryl methyl sites for hydroxylation is 3. The van der Waals surface area contributed by atoms with Crippen LogP contribution in [-0.4, -0.2) is 25.6 Å². The minimum absolute atomic E-state index is 0.124. The summed E-state index contributed by atoms with van der Waals surface area (Å²) in [5.74, 6) is 1.08. The lowest BCUT2D eigenvalue weighted by Crippen LogP contribution is -2.26. The highest BCUT2D eigenvalue weighted by Crippen LogP contribution is 2.23. The summed E-state index contributed by atoms with van der Waals surface area (Å²) in [4.78, 5) is 16.8. The molecule has 1 heterocycles. The van der Waals surface area contributed by atoms with E-state index in [4.69, 9.17) is 4.42 Å². The highest BCUT2D eigenvalue weighted by atomic mass is 32.2. The Kier molecular flexibility index (Phi) is 6.41. The standard InChI is InChI=1S/C23H26N2O4S/c1-15-5-6-19(13-16(15)2)21-14-24-23(29-21)12-11-22(26)25-17(3)18-7-9-20(10-8-18)30(4,27)28/h5-10,13-14,17H,11-12H2,1-4H3,(H,25,26). The van der Waals surface area contributed by atoms with Gasteiger partial charge in [0.1, 0.15) is 0 Å². The molecule has 1 aromatic heterocycles. The summed E-state index contributed by atoms with van der Waals surface area (Å²) in [5, 5.41) is 2.92. The minimum Gasteiger partial charge on any atom is -0.441 e. The van der Waals surface area contributed by atoms with E-state index in [1.165, 1.54) is 17.4 Å². The van der Waals surface area contributed by atoms with Gasteiger partial charge in [-0.3, -0.25) is 4.79 Å². The van der Waals surface area contributed by atoms with E-state index in [0.29, 0.717) is 18.1 Å². The van der Waals surface area contributed by atoms with Gasteiger partial charge in [0.05, 0.1) is 17.1 Å². The molecule has 0 spiro atoms. The molecule has 0 fully saturated rings. The minimum atomic E-state index is -3.24. The quantitative estimate of drug-likeness (QED) is 0.612. The molecule has 3 rings (SSSR count). The van der Waals surface area contributed by atoms with Crippen molar-refractivity contribution in [2.75, 3.05) is 6.26 Å². The van der Waals surface area contributed by atoms with Crippen molar-refractivity contribution in [3.05, 3.63) is 71.2 Å². The number of aromatic nitrogens is 1. The van der Waals surface area contributed by atoms with Crippen LogP contribution in [0.5, 0.6) is 0 Å². The van der Waals surface area contributed by atoms with E-state index in [2.05, 4.69) is 30.2 Å². The maximum Gasteiger partial charge on any atom is 0.220 e. The monoisotopic (exact) mass is 426 g/mol. The Labute approximate surface area is 177 Å². The second-order valence-corrected chi connectivity index (χ2v) is 9.56. The van der Waals surface area contributed by atoms with Gasteiger partial charge in [0.15, 0.2) is 21.5 Å². The number of hydrogen-bond acceptors (Lipinski definition) is 5. The van der Waals surface area contributed by atoms with Crippen LogP contribution in [0.1, 0.15) is 42.0 Å². The zero-order chi connectivity index (χ0) is 21.9. The summed E-state index contributed by atoms with van der Waals surface area (Å²) in [6.07, 6.45) is 3.50. The van der Waals surface area contributed by atoms with Crippen molar-refractivity contribution in [1.29, 1.82) is 0 Å². The zero-order valence-corrected chi connectivity index (χ0v) is 18.4. The number of nitrogens with one attached hydrogen (secondary N) is 1. The third kappa shape index (κ3) is 5.36. The van der Waals surface area contributed by atoms with Crippen LogP contribution >= 0.6 is 0 Å². The number of oxazole rings is 1. The maximum atomic E-state index is 12.3. The van der Waals surface area contributed by atoms with Crippen molar-refractivity contribution in [3.63, 3.8) is 0 Å². The fourth-order valence-electron chi connectivity index (χ4n) is 3.08. The smallest absolute Gasteiger partial charge is 0.220 e. The van der Waals surface area contributed by atoms with E-state index in [1.54, 1.807) is 30.5 Å². The van der Waals surface area contributed by atoms with Crippen molar-refractivity contribution < 1.29 is 17.6 Å². The number of amides is 1. The fourth-order valence-corrected chi connectivity index (χ4v) is 3.71. The highest BCUT2D eigenvalue weighted by Gasteiger charge is 2.14.